The van der Waals surface area contributed by atoms with Crippen LogP contribution in [0.5, 0.6) is 0 Å². The topological polar surface area (TPSA) is 90.9 Å². The van der Waals surface area contributed by atoms with Gasteiger partial charge in [-0.15, -0.1) is 0 Å². The van der Waals surface area contributed by atoms with Crippen LogP contribution >= 0.6 is 0 Å². The first-order valence-corrected chi connectivity index (χ1v) is 8.22. The molecule has 0 fully saturated rings. The lowest BCUT2D eigenvalue weighted by Gasteiger charge is -2.33. The van der Waals surface area contributed by atoms with Gasteiger partial charge in [-0.05, 0) is 27.8 Å². The van der Waals surface area contributed by atoms with Crippen molar-refractivity contribution in [2.75, 3.05) is 46.7 Å². The Kier molecular flexibility index (Phi) is 12.5. The molecule has 0 heterocycles. The Hall–Kier alpha value is -1.15. The van der Waals surface area contributed by atoms with Gasteiger partial charge in [-0.3, -0.25) is 14.4 Å². The van der Waals surface area contributed by atoms with Crippen LogP contribution < -0.4 is 5.32 Å². The van der Waals surface area contributed by atoms with E-state index < -0.39 is 5.54 Å². The second kappa shape index (κ2) is 13.2. The summed E-state index contributed by atoms with van der Waals surface area (Å²) < 4.78 is 16.7. The average Bonchev–Trinajstić information content (AvgIpc) is 2.51. The van der Waals surface area contributed by atoms with Gasteiger partial charge in [0.25, 0.3) is 0 Å². The molecule has 0 bridgehead atoms. The van der Waals surface area contributed by atoms with E-state index in [1.807, 2.05) is 0 Å². The molecular formula is C17H31NO6. The van der Waals surface area contributed by atoms with E-state index >= 15 is 0 Å². The van der Waals surface area contributed by atoms with Gasteiger partial charge in [0.05, 0.1) is 45.2 Å². The number of carbonyl (C=O) groups is 3. The van der Waals surface area contributed by atoms with Crippen molar-refractivity contribution in [3.63, 3.8) is 0 Å². The fraction of sp³-hybridized carbons (Fsp3) is 0.824. The normalized spacial score (nSPS) is 11.5. The molecule has 0 saturated carbocycles. The fourth-order valence-corrected chi connectivity index (χ4v) is 1.79. The van der Waals surface area contributed by atoms with E-state index in [9.17, 15) is 14.4 Å². The smallest absolute Gasteiger partial charge is 0.132 e. The summed E-state index contributed by atoms with van der Waals surface area (Å²) in [5.74, 6) is 0.210. The van der Waals surface area contributed by atoms with Crippen LogP contribution in [0.2, 0.25) is 0 Å². The molecule has 7 heteroatoms. The third kappa shape index (κ3) is 12.3. The van der Waals surface area contributed by atoms with Crippen LogP contribution in [0, 0.1) is 0 Å². The molecule has 0 aliphatic rings. The molecular weight excluding hydrogens is 314 g/mol. The third-order valence-corrected chi connectivity index (χ3v) is 3.46. The first kappa shape index (κ1) is 22.9. The maximum Gasteiger partial charge on any atom is 0.132 e. The molecule has 24 heavy (non-hydrogen) atoms. The molecule has 0 atom stereocenters. The summed E-state index contributed by atoms with van der Waals surface area (Å²) in [4.78, 5) is 32.9. The number of nitrogens with one attached hydrogen (secondary N) is 1. The van der Waals surface area contributed by atoms with Gasteiger partial charge in [0.2, 0.25) is 0 Å². The molecule has 0 aromatic heterocycles. The SMILES string of the molecule is CNC(COCCC(C)=O)(COCCC(C)=O)COCCC(C)=O. The standard InChI is InChI=1S/C17H31NO6/c1-14(19)5-8-22-11-17(18-4,12-23-9-6-15(2)20)13-24-10-7-16(3)21/h18H,5-13H2,1-4H3. The number of rotatable bonds is 16. The lowest BCUT2D eigenvalue weighted by atomic mass is 10.0. The van der Waals surface area contributed by atoms with Crippen LogP contribution in [0.4, 0.5) is 0 Å². The minimum absolute atomic E-state index is 0.0699. The first-order valence-electron chi connectivity index (χ1n) is 8.22. The van der Waals surface area contributed by atoms with Crippen molar-refractivity contribution in [2.45, 2.75) is 45.6 Å². The van der Waals surface area contributed by atoms with Crippen LogP contribution in [0.1, 0.15) is 40.0 Å². The Morgan fingerprint density at radius 3 is 1.21 bits per heavy atom. The van der Waals surface area contributed by atoms with Crippen LogP contribution in [-0.4, -0.2) is 69.6 Å². The summed E-state index contributed by atoms with van der Waals surface area (Å²) in [6, 6.07) is 0. The van der Waals surface area contributed by atoms with Gasteiger partial charge in [-0.25, -0.2) is 0 Å². The van der Waals surface area contributed by atoms with E-state index in [2.05, 4.69) is 5.32 Å². The van der Waals surface area contributed by atoms with Crippen LogP contribution in [0.3, 0.4) is 0 Å². The number of Topliss-reactive ketones (excluding diaryl/α,β-unsaturated/α-hetero) is 3. The summed E-state index contributed by atoms with van der Waals surface area (Å²) in [7, 11) is 1.77. The van der Waals surface area contributed by atoms with Gasteiger partial charge in [0, 0.05) is 19.3 Å². The van der Waals surface area contributed by atoms with Crippen molar-refractivity contribution in [1.82, 2.24) is 5.32 Å². The Morgan fingerprint density at radius 1 is 0.708 bits per heavy atom. The monoisotopic (exact) mass is 345 g/mol. The number of ether oxygens (including phenoxy) is 3. The predicted octanol–water partition coefficient (Wildman–Crippen LogP) is 0.932. The number of ketones is 3. The second-order valence-electron chi connectivity index (χ2n) is 6.04. The van der Waals surface area contributed by atoms with Crippen molar-refractivity contribution in [1.29, 1.82) is 0 Å². The van der Waals surface area contributed by atoms with E-state index in [0.29, 0.717) is 58.9 Å². The molecule has 0 spiro atoms. The Bertz CT molecular complexity index is 341. The maximum atomic E-state index is 11.0. The minimum Gasteiger partial charge on any atom is -0.379 e. The molecule has 0 aliphatic heterocycles. The summed E-state index contributed by atoms with van der Waals surface area (Å²) in [6.45, 7) is 6.46. The number of hydrogen-bond donors (Lipinski definition) is 1. The average molecular weight is 345 g/mol. The Morgan fingerprint density at radius 2 is 1.00 bits per heavy atom. The van der Waals surface area contributed by atoms with Crippen molar-refractivity contribution in [2.24, 2.45) is 0 Å². The maximum absolute atomic E-state index is 11.0. The zero-order chi connectivity index (χ0) is 18.4. The second-order valence-corrected chi connectivity index (χ2v) is 6.04. The molecule has 7 nitrogen and oxygen atoms in total. The highest BCUT2D eigenvalue weighted by molar-refractivity contribution is 5.76. The molecule has 0 amide bonds. The molecule has 0 unspecified atom stereocenters. The number of carbonyl (C=O) groups excluding carboxylic acids is 3. The highest BCUT2D eigenvalue weighted by Crippen LogP contribution is 2.09. The lowest BCUT2D eigenvalue weighted by Crippen LogP contribution is -2.55. The van der Waals surface area contributed by atoms with Crippen molar-refractivity contribution < 1.29 is 28.6 Å². The van der Waals surface area contributed by atoms with E-state index in [1.54, 1.807) is 7.05 Å². The summed E-state index contributed by atoms with van der Waals surface area (Å²) in [5, 5.41) is 3.15. The minimum atomic E-state index is -0.593. The molecule has 0 aromatic carbocycles. The van der Waals surface area contributed by atoms with Crippen molar-refractivity contribution >= 4 is 17.3 Å². The molecule has 0 radical (unpaired) electrons. The van der Waals surface area contributed by atoms with Crippen LogP contribution in [0.25, 0.3) is 0 Å². The van der Waals surface area contributed by atoms with E-state index in [-0.39, 0.29) is 17.3 Å². The zero-order valence-corrected chi connectivity index (χ0v) is 15.3. The van der Waals surface area contributed by atoms with Gasteiger partial charge in [-0.1, -0.05) is 0 Å². The molecule has 0 saturated heterocycles. The van der Waals surface area contributed by atoms with Gasteiger partial charge in [0.1, 0.15) is 17.3 Å². The van der Waals surface area contributed by atoms with E-state index in [1.165, 1.54) is 20.8 Å². The Balaban J connectivity index is 4.45. The van der Waals surface area contributed by atoms with Crippen molar-refractivity contribution in [3.8, 4) is 0 Å². The van der Waals surface area contributed by atoms with E-state index in [4.69, 9.17) is 14.2 Å². The number of likely N-dealkylation sites (N-methyl/N-ethyl adjacent to an activating group) is 1. The van der Waals surface area contributed by atoms with Gasteiger partial charge < -0.3 is 19.5 Å². The molecule has 0 rings (SSSR count). The first-order chi connectivity index (χ1) is 11.3. The third-order valence-electron chi connectivity index (χ3n) is 3.46. The summed E-state index contributed by atoms with van der Waals surface area (Å²) in [5.41, 5.74) is -0.593. The molecule has 140 valence electrons. The van der Waals surface area contributed by atoms with Crippen LogP contribution in [-0.2, 0) is 28.6 Å². The lowest BCUT2D eigenvalue weighted by molar-refractivity contribution is -0.118. The zero-order valence-electron chi connectivity index (χ0n) is 15.3. The molecule has 0 aromatic rings. The summed E-state index contributed by atoms with van der Waals surface area (Å²) >= 11 is 0. The fourth-order valence-electron chi connectivity index (χ4n) is 1.79. The van der Waals surface area contributed by atoms with Gasteiger partial charge in [0.15, 0.2) is 0 Å². The quantitative estimate of drug-likeness (QED) is 0.416. The largest absolute Gasteiger partial charge is 0.379 e. The summed E-state index contributed by atoms with van der Waals surface area (Å²) in [6.07, 6.45) is 1.07. The van der Waals surface area contributed by atoms with E-state index in [0.717, 1.165) is 0 Å². The van der Waals surface area contributed by atoms with Crippen molar-refractivity contribution in [3.05, 3.63) is 0 Å². The van der Waals surface area contributed by atoms with Crippen LogP contribution in [0.15, 0.2) is 0 Å². The number of hydrogen-bond acceptors (Lipinski definition) is 7. The highest BCUT2D eigenvalue weighted by atomic mass is 16.5. The molecule has 1 N–H and O–H groups in total. The highest BCUT2D eigenvalue weighted by Gasteiger charge is 2.30. The molecule has 0 aliphatic carbocycles. The predicted molar refractivity (Wildman–Crippen MR) is 90.1 cm³/mol. The van der Waals surface area contributed by atoms with Gasteiger partial charge >= 0.3 is 0 Å². The Labute approximate surface area is 144 Å². The van der Waals surface area contributed by atoms with Gasteiger partial charge in [-0.2, -0.15) is 0 Å².